The highest BCUT2D eigenvalue weighted by molar-refractivity contribution is 5.96. The van der Waals surface area contributed by atoms with Crippen LogP contribution in [0.15, 0.2) is 47.5 Å². The lowest BCUT2D eigenvalue weighted by Crippen LogP contribution is -2.51. The largest absolute Gasteiger partial charge is 0.370 e. The van der Waals surface area contributed by atoms with Gasteiger partial charge in [-0.15, -0.1) is 0 Å². The summed E-state index contributed by atoms with van der Waals surface area (Å²) >= 11 is 0. The van der Waals surface area contributed by atoms with E-state index in [-0.39, 0.29) is 11.7 Å². The molecule has 28 heavy (non-hydrogen) atoms. The summed E-state index contributed by atoms with van der Waals surface area (Å²) < 4.78 is 13.1. The topological polar surface area (TPSA) is 74.0 Å². The molecule has 0 bridgehead atoms. The fraction of sp³-hybridized carbons (Fsp3) is 0.333. The fourth-order valence-electron chi connectivity index (χ4n) is 3.68. The van der Waals surface area contributed by atoms with E-state index in [4.69, 9.17) is 5.73 Å². The number of hydrogen-bond acceptors (Lipinski definition) is 3. The predicted molar refractivity (Wildman–Crippen MR) is 108 cm³/mol. The molecule has 0 radical (unpaired) electrons. The minimum absolute atomic E-state index is 0.0167. The number of benzene rings is 2. The minimum atomic E-state index is -0.224. The molecule has 0 aromatic heterocycles. The molecule has 2 aromatic rings. The van der Waals surface area contributed by atoms with Crippen molar-refractivity contribution in [3.8, 4) is 0 Å². The Hall–Kier alpha value is -3.09. The van der Waals surface area contributed by atoms with Crippen molar-refractivity contribution in [1.29, 1.82) is 0 Å². The van der Waals surface area contributed by atoms with Crippen molar-refractivity contribution in [1.82, 2.24) is 10.2 Å². The number of amides is 1. The first-order chi connectivity index (χ1) is 13.6. The van der Waals surface area contributed by atoms with Gasteiger partial charge in [0.15, 0.2) is 5.96 Å². The van der Waals surface area contributed by atoms with Crippen LogP contribution in [0.4, 0.5) is 10.1 Å². The SMILES string of the molecule is NC(=NCc1ccc2c(c1)C(=O)NCC2)N1CCN(c2ccc(F)cc2)CC1. The van der Waals surface area contributed by atoms with Crippen LogP contribution in [0.5, 0.6) is 0 Å². The van der Waals surface area contributed by atoms with Crippen molar-refractivity contribution < 1.29 is 9.18 Å². The number of nitrogens with one attached hydrogen (secondary N) is 1. The summed E-state index contributed by atoms with van der Waals surface area (Å²) in [5, 5.41) is 2.87. The number of nitrogens with zero attached hydrogens (tertiary/aromatic N) is 3. The Kier molecular flexibility index (Phi) is 5.14. The molecule has 2 aliphatic heterocycles. The van der Waals surface area contributed by atoms with Crippen molar-refractivity contribution >= 4 is 17.6 Å². The first-order valence-electron chi connectivity index (χ1n) is 9.55. The van der Waals surface area contributed by atoms with Gasteiger partial charge in [-0.25, -0.2) is 9.38 Å². The summed E-state index contributed by atoms with van der Waals surface area (Å²) in [6.07, 6.45) is 0.866. The molecule has 2 aliphatic rings. The van der Waals surface area contributed by atoms with Gasteiger partial charge in [-0.1, -0.05) is 12.1 Å². The van der Waals surface area contributed by atoms with E-state index in [1.807, 2.05) is 18.2 Å². The van der Waals surface area contributed by atoms with Gasteiger partial charge in [0.1, 0.15) is 5.82 Å². The normalized spacial score (nSPS) is 17.3. The van der Waals surface area contributed by atoms with Gasteiger partial charge in [0.2, 0.25) is 0 Å². The standard InChI is InChI=1S/C21H24FN5O/c22-17-3-5-18(6-4-17)26-9-11-27(12-10-26)21(23)25-14-15-1-2-16-7-8-24-20(28)19(16)13-15/h1-6,13H,7-12,14H2,(H2,23,25)(H,24,28). The molecular weight excluding hydrogens is 357 g/mol. The Labute approximate surface area is 163 Å². The van der Waals surface area contributed by atoms with Crippen LogP contribution in [-0.4, -0.2) is 49.5 Å². The number of nitrogens with two attached hydrogens (primary N) is 1. The fourth-order valence-corrected chi connectivity index (χ4v) is 3.68. The van der Waals surface area contributed by atoms with E-state index in [0.29, 0.717) is 19.0 Å². The summed E-state index contributed by atoms with van der Waals surface area (Å²) in [5.41, 5.74) is 10.0. The molecule has 2 heterocycles. The van der Waals surface area contributed by atoms with Crippen molar-refractivity contribution in [2.24, 2.45) is 10.7 Å². The number of carbonyl (C=O) groups excluding carboxylic acids is 1. The molecule has 0 saturated carbocycles. The van der Waals surface area contributed by atoms with Gasteiger partial charge < -0.3 is 20.9 Å². The lowest BCUT2D eigenvalue weighted by Gasteiger charge is -2.36. The van der Waals surface area contributed by atoms with Crippen LogP contribution in [0.1, 0.15) is 21.5 Å². The lowest BCUT2D eigenvalue weighted by atomic mass is 9.98. The maximum Gasteiger partial charge on any atom is 0.251 e. The predicted octanol–water partition coefficient (Wildman–Crippen LogP) is 1.75. The van der Waals surface area contributed by atoms with Crippen LogP contribution < -0.4 is 16.0 Å². The number of rotatable bonds is 3. The number of piperazine rings is 1. The molecular formula is C21H24FN5O. The molecule has 0 spiro atoms. The van der Waals surface area contributed by atoms with E-state index < -0.39 is 0 Å². The Balaban J connectivity index is 1.36. The van der Waals surface area contributed by atoms with E-state index in [0.717, 1.165) is 55.0 Å². The number of carbonyl (C=O) groups is 1. The summed E-state index contributed by atoms with van der Waals surface area (Å²) in [6.45, 7) is 4.28. The van der Waals surface area contributed by atoms with Crippen LogP contribution in [0.25, 0.3) is 0 Å². The molecule has 6 nitrogen and oxygen atoms in total. The zero-order chi connectivity index (χ0) is 19.5. The Morgan fingerprint density at radius 3 is 2.61 bits per heavy atom. The molecule has 1 fully saturated rings. The molecule has 7 heteroatoms. The highest BCUT2D eigenvalue weighted by atomic mass is 19.1. The van der Waals surface area contributed by atoms with E-state index in [1.165, 1.54) is 12.1 Å². The van der Waals surface area contributed by atoms with Crippen LogP contribution in [0.3, 0.4) is 0 Å². The summed E-state index contributed by atoms with van der Waals surface area (Å²) in [4.78, 5) is 20.8. The Morgan fingerprint density at radius 2 is 1.86 bits per heavy atom. The summed E-state index contributed by atoms with van der Waals surface area (Å²) in [7, 11) is 0. The first kappa shape index (κ1) is 18.3. The van der Waals surface area contributed by atoms with Gasteiger partial charge in [0, 0.05) is 44.0 Å². The smallest absolute Gasteiger partial charge is 0.251 e. The number of guanidine groups is 1. The minimum Gasteiger partial charge on any atom is -0.370 e. The number of fused-ring (bicyclic) bond motifs is 1. The van der Waals surface area contributed by atoms with E-state index in [2.05, 4.69) is 20.1 Å². The van der Waals surface area contributed by atoms with Crippen LogP contribution >= 0.6 is 0 Å². The quantitative estimate of drug-likeness (QED) is 0.628. The number of aliphatic imine (C=N–C) groups is 1. The van der Waals surface area contributed by atoms with Gasteiger partial charge in [-0.2, -0.15) is 0 Å². The second-order valence-corrected chi connectivity index (χ2v) is 7.12. The van der Waals surface area contributed by atoms with E-state index in [1.54, 1.807) is 12.1 Å². The van der Waals surface area contributed by atoms with Gasteiger partial charge in [0.05, 0.1) is 6.54 Å². The zero-order valence-electron chi connectivity index (χ0n) is 15.7. The second-order valence-electron chi connectivity index (χ2n) is 7.12. The first-order valence-corrected chi connectivity index (χ1v) is 9.55. The molecule has 0 atom stereocenters. The van der Waals surface area contributed by atoms with Crippen LogP contribution in [0.2, 0.25) is 0 Å². The van der Waals surface area contributed by atoms with Crippen molar-refractivity contribution in [3.63, 3.8) is 0 Å². The third-order valence-corrected chi connectivity index (χ3v) is 5.32. The zero-order valence-corrected chi connectivity index (χ0v) is 15.7. The van der Waals surface area contributed by atoms with Crippen molar-refractivity contribution in [2.45, 2.75) is 13.0 Å². The Bertz CT molecular complexity index is 888. The lowest BCUT2D eigenvalue weighted by molar-refractivity contribution is 0.0946. The molecule has 1 amide bonds. The van der Waals surface area contributed by atoms with E-state index in [9.17, 15) is 9.18 Å². The number of anilines is 1. The molecule has 4 rings (SSSR count). The van der Waals surface area contributed by atoms with Gasteiger partial charge in [0.25, 0.3) is 5.91 Å². The third kappa shape index (κ3) is 3.93. The number of halogens is 1. The van der Waals surface area contributed by atoms with E-state index >= 15 is 0 Å². The highest BCUT2D eigenvalue weighted by Crippen LogP contribution is 2.18. The van der Waals surface area contributed by atoms with Gasteiger partial charge in [-0.05, 0) is 47.9 Å². The molecule has 1 saturated heterocycles. The van der Waals surface area contributed by atoms with Crippen LogP contribution in [-0.2, 0) is 13.0 Å². The molecule has 0 aliphatic carbocycles. The molecule has 146 valence electrons. The maximum absolute atomic E-state index is 13.1. The maximum atomic E-state index is 13.1. The summed E-state index contributed by atoms with van der Waals surface area (Å²) in [6, 6.07) is 12.5. The molecule has 2 aromatic carbocycles. The van der Waals surface area contributed by atoms with Crippen molar-refractivity contribution in [2.75, 3.05) is 37.6 Å². The third-order valence-electron chi connectivity index (χ3n) is 5.32. The van der Waals surface area contributed by atoms with Gasteiger partial charge in [-0.3, -0.25) is 4.79 Å². The monoisotopic (exact) mass is 381 g/mol. The number of hydrogen-bond donors (Lipinski definition) is 2. The summed E-state index contributed by atoms with van der Waals surface area (Å²) in [5.74, 6) is 0.274. The Morgan fingerprint density at radius 1 is 1.11 bits per heavy atom. The second kappa shape index (κ2) is 7.88. The van der Waals surface area contributed by atoms with Gasteiger partial charge >= 0.3 is 0 Å². The average molecular weight is 381 g/mol. The van der Waals surface area contributed by atoms with Crippen LogP contribution in [0, 0.1) is 5.82 Å². The highest BCUT2D eigenvalue weighted by Gasteiger charge is 2.19. The van der Waals surface area contributed by atoms with Crippen molar-refractivity contribution in [3.05, 3.63) is 65.0 Å². The average Bonchev–Trinajstić information content (AvgIpc) is 2.73. The molecule has 0 unspecified atom stereocenters. The molecule has 3 N–H and O–H groups in total.